The Bertz CT molecular complexity index is 759. The molecule has 2 aromatic rings. The van der Waals surface area contributed by atoms with Crippen molar-refractivity contribution in [3.63, 3.8) is 0 Å². The van der Waals surface area contributed by atoms with E-state index in [4.69, 9.17) is 0 Å². The summed E-state index contributed by atoms with van der Waals surface area (Å²) in [5.41, 5.74) is 2.02. The zero-order valence-corrected chi connectivity index (χ0v) is 15.0. The van der Waals surface area contributed by atoms with Crippen LogP contribution in [0.5, 0.6) is 0 Å². The van der Waals surface area contributed by atoms with Gasteiger partial charge in [0.05, 0.1) is 5.69 Å². The third-order valence-electron chi connectivity index (χ3n) is 4.49. The molecule has 0 bridgehead atoms. The number of aromatic nitrogens is 2. The van der Waals surface area contributed by atoms with Gasteiger partial charge in [0, 0.05) is 38.8 Å². The van der Waals surface area contributed by atoms with Crippen LogP contribution in [0.3, 0.4) is 0 Å². The van der Waals surface area contributed by atoms with E-state index >= 15 is 0 Å². The minimum absolute atomic E-state index is 0.0677. The summed E-state index contributed by atoms with van der Waals surface area (Å²) in [7, 11) is 0. The standard InChI is InChI=1S/C20H26N4O/c1-16(2)18-15-19(25)22-20(21-18)24-13-11-23(12-14-24)10-6-9-17-7-4-3-5-8-17/h3-9,15-16H,10-14H2,1-2H3,(H,21,22,25)/b9-6+. The summed E-state index contributed by atoms with van der Waals surface area (Å²) in [6.45, 7) is 8.75. The van der Waals surface area contributed by atoms with Crippen molar-refractivity contribution in [1.29, 1.82) is 0 Å². The van der Waals surface area contributed by atoms with Crippen molar-refractivity contribution >= 4 is 12.0 Å². The van der Waals surface area contributed by atoms with Crippen LogP contribution in [0, 0.1) is 0 Å². The molecule has 1 aliphatic rings. The van der Waals surface area contributed by atoms with Crippen molar-refractivity contribution < 1.29 is 0 Å². The summed E-state index contributed by atoms with van der Waals surface area (Å²) in [4.78, 5) is 23.9. The van der Waals surface area contributed by atoms with E-state index in [1.165, 1.54) is 5.56 Å². The van der Waals surface area contributed by atoms with Crippen molar-refractivity contribution in [2.24, 2.45) is 0 Å². The van der Waals surface area contributed by atoms with Crippen molar-refractivity contribution in [2.45, 2.75) is 19.8 Å². The normalized spacial score (nSPS) is 16.0. The van der Waals surface area contributed by atoms with Gasteiger partial charge in [-0.3, -0.25) is 14.7 Å². The fourth-order valence-electron chi connectivity index (χ4n) is 2.95. The Morgan fingerprint density at radius 2 is 1.88 bits per heavy atom. The van der Waals surface area contributed by atoms with Gasteiger partial charge in [0.25, 0.3) is 5.56 Å². The predicted octanol–water partition coefficient (Wildman–Crippen LogP) is 2.73. The zero-order chi connectivity index (χ0) is 17.6. The van der Waals surface area contributed by atoms with Crippen LogP contribution in [0.2, 0.25) is 0 Å². The van der Waals surface area contributed by atoms with Gasteiger partial charge in [-0.1, -0.05) is 56.3 Å². The number of rotatable bonds is 5. The van der Waals surface area contributed by atoms with Gasteiger partial charge >= 0.3 is 0 Å². The molecule has 132 valence electrons. The first kappa shape index (κ1) is 17.4. The molecule has 1 aromatic carbocycles. The van der Waals surface area contributed by atoms with Gasteiger partial charge in [-0.2, -0.15) is 0 Å². The van der Waals surface area contributed by atoms with E-state index in [9.17, 15) is 4.79 Å². The molecule has 1 aromatic heterocycles. The molecule has 0 aliphatic carbocycles. The van der Waals surface area contributed by atoms with Crippen LogP contribution in [0.1, 0.15) is 31.0 Å². The Morgan fingerprint density at radius 1 is 1.16 bits per heavy atom. The summed E-state index contributed by atoms with van der Waals surface area (Å²) in [6, 6.07) is 12.0. The van der Waals surface area contributed by atoms with Gasteiger partial charge in [0.1, 0.15) is 0 Å². The lowest BCUT2D eigenvalue weighted by Crippen LogP contribution is -2.47. The Labute approximate surface area is 149 Å². The highest BCUT2D eigenvalue weighted by Gasteiger charge is 2.18. The first-order valence-corrected chi connectivity index (χ1v) is 8.92. The molecule has 5 heteroatoms. The molecule has 5 nitrogen and oxygen atoms in total. The average molecular weight is 338 g/mol. The number of nitrogens with zero attached hydrogens (tertiary/aromatic N) is 3. The fraction of sp³-hybridized carbons (Fsp3) is 0.400. The molecule has 2 heterocycles. The molecule has 1 saturated heterocycles. The molecule has 0 saturated carbocycles. The monoisotopic (exact) mass is 338 g/mol. The molecule has 0 spiro atoms. The van der Waals surface area contributed by atoms with Crippen molar-refractivity contribution in [3.8, 4) is 0 Å². The van der Waals surface area contributed by atoms with E-state index in [1.807, 2.05) is 6.07 Å². The molecule has 1 fully saturated rings. The Kier molecular flexibility index (Phi) is 5.66. The molecule has 25 heavy (non-hydrogen) atoms. The van der Waals surface area contributed by atoms with E-state index in [2.05, 4.69) is 70.0 Å². The second-order valence-electron chi connectivity index (χ2n) is 6.75. The van der Waals surface area contributed by atoms with Gasteiger partial charge in [0.2, 0.25) is 5.95 Å². The van der Waals surface area contributed by atoms with Crippen LogP contribution < -0.4 is 10.5 Å². The van der Waals surface area contributed by atoms with Crippen molar-refractivity contribution in [1.82, 2.24) is 14.9 Å². The van der Waals surface area contributed by atoms with Crippen molar-refractivity contribution in [2.75, 3.05) is 37.6 Å². The SMILES string of the molecule is CC(C)c1cc(=O)[nH]c(N2CCN(C/C=C/c3ccccc3)CC2)n1. The Balaban J connectivity index is 1.55. The highest BCUT2D eigenvalue weighted by atomic mass is 16.1. The minimum atomic E-state index is -0.0677. The summed E-state index contributed by atoms with van der Waals surface area (Å²) in [5, 5.41) is 0. The van der Waals surface area contributed by atoms with Gasteiger partial charge < -0.3 is 4.90 Å². The maximum atomic E-state index is 11.9. The van der Waals surface area contributed by atoms with E-state index < -0.39 is 0 Å². The van der Waals surface area contributed by atoms with Gasteiger partial charge in [-0.25, -0.2) is 4.98 Å². The molecule has 0 radical (unpaired) electrons. The summed E-state index contributed by atoms with van der Waals surface area (Å²) in [5.74, 6) is 0.959. The average Bonchev–Trinajstić information content (AvgIpc) is 2.62. The molecule has 3 rings (SSSR count). The second-order valence-corrected chi connectivity index (χ2v) is 6.75. The smallest absolute Gasteiger partial charge is 0.252 e. The zero-order valence-electron chi connectivity index (χ0n) is 15.0. The third kappa shape index (κ3) is 4.79. The van der Waals surface area contributed by atoms with Gasteiger partial charge in [0.15, 0.2) is 0 Å². The second kappa shape index (κ2) is 8.12. The lowest BCUT2D eigenvalue weighted by molar-refractivity contribution is 0.283. The van der Waals surface area contributed by atoms with E-state index in [0.29, 0.717) is 5.95 Å². The van der Waals surface area contributed by atoms with Crippen LogP contribution in [-0.2, 0) is 0 Å². The Hall–Kier alpha value is -2.40. The molecule has 1 aliphatic heterocycles. The molecular weight excluding hydrogens is 312 g/mol. The number of piperazine rings is 1. The van der Waals surface area contributed by atoms with Crippen LogP contribution in [0.25, 0.3) is 6.08 Å². The first-order valence-electron chi connectivity index (χ1n) is 8.92. The maximum Gasteiger partial charge on any atom is 0.252 e. The van der Waals surface area contributed by atoms with Gasteiger partial charge in [-0.05, 0) is 11.5 Å². The molecular formula is C20H26N4O. The number of aromatic amines is 1. The summed E-state index contributed by atoms with van der Waals surface area (Å²) in [6.07, 6.45) is 4.38. The number of nitrogens with one attached hydrogen (secondary N) is 1. The van der Waals surface area contributed by atoms with E-state index in [0.717, 1.165) is 38.4 Å². The molecule has 0 unspecified atom stereocenters. The van der Waals surface area contributed by atoms with E-state index in [-0.39, 0.29) is 11.5 Å². The molecule has 0 atom stereocenters. The fourth-order valence-corrected chi connectivity index (χ4v) is 2.95. The topological polar surface area (TPSA) is 52.2 Å². The van der Waals surface area contributed by atoms with Crippen molar-refractivity contribution in [3.05, 3.63) is 64.1 Å². The highest BCUT2D eigenvalue weighted by Crippen LogP contribution is 2.14. The number of hydrogen-bond acceptors (Lipinski definition) is 4. The van der Waals surface area contributed by atoms with Crippen LogP contribution in [-0.4, -0.2) is 47.6 Å². The molecule has 0 amide bonds. The highest BCUT2D eigenvalue weighted by molar-refractivity contribution is 5.48. The number of anilines is 1. The number of benzene rings is 1. The Morgan fingerprint density at radius 3 is 2.56 bits per heavy atom. The largest absolute Gasteiger partial charge is 0.340 e. The van der Waals surface area contributed by atoms with Crippen LogP contribution >= 0.6 is 0 Å². The number of H-pyrrole nitrogens is 1. The lowest BCUT2D eigenvalue weighted by Gasteiger charge is -2.34. The predicted molar refractivity (Wildman–Crippen MR) is 103 cm³/mol. The number of hydrogen-bond donors (Lipinski definition) is 1. The lowest BCUT2D eigenvalue weighted by atomic mass is 10.1. The third-order valence-corrected chi connectivity index (χ3v) is 4.49. The van der Waals surface area contributed by atoms with Crippen LogP contribution in [0.4, 0.5) is 5.95 Å². The maximum absolute atomic E-state index is 11.9. The minimum Gasteiger partial charge on any atom is -0.340 e. The first-order chi connectivity index (χ1) is 12.1. The van der Waals surface area contributed by atoms with E-state index in [1.54, 1.807) is 6.07 Å². The quantitative estimate of drug-likeness (QED) is 0.911. The summed E-state index contributed by atoms with van der Waals surface area (Å²) >= 11 is 0. The molecule has 1 N–H and O–H groups in total. The van der Waals surface area contributed by atoms with Gasteiger partial charge in [-0.15, -0.1) is 0 Å². The van der Waals surface area contributed by atoms with Crippen LogP contribution in [0.15, 0.2) is 47.3 Å². The summed E-state index contributed by atoms with van der Waals surface area (Å²) < 4.78 is 0.